The number of aryl methyl sites for hydroxylation is 3. The molecule has 1 aromatic carbocycles. The second-order valence-corrected chi connectivity index (χ2v) is 5.89. The molecule has 0 spiro atoms. The zero-order chi connectivity index (χ0) is 14.4. The minimum Gasteiger partial charge on any atom is -0.310 e. The molecule has 1 atom stereocenters. The molecule has 0 amide bonds. The van der Waals surface area contributed by atoms with Gasteiger partial charge in [-0.1, -0.05) is 19.1 Å². The molecule has 1 unspecified atom stereocenters. The summed E-state index contributed by atoms with van der Waals surface area (Å²) in [4.78, 5) is 2.26. The monoisotopic (exact) mass is 262 g/mol. The summed E-state index contributed by atoms with van der Waals surface area (Å²) in [7, 11) is 4.29. The Kier molecular flexibility index (Phi) is 6.53. The van der Waals surface area contributed by atoms with Gasteiger partial charge in [-0.25, -0.2) is 0 Å². The van der Waals surface area contributed by atoms with E-state index in [4.69, 9.17) is 0 Å². The summed E-state index contributed by atoms with van der Waals surface area (Å²) in [6, 6.07) is 5.16. The summed E-state index contributed by atoms with van der Waals surface area (Å²) >= 11 is 0. The molecule has 0 radical (unpaired) electrons. The van der Waals surface area contributed by atoms with Crippen molar-refractivity contribution in [1.29, 1.82) is 0 Å². The normalized spacial score (nSPS) is 13.0. The highest BCUT2D eigenvalue weighted by Gasteiger charge is 2.14. The highest BCUT2D eigenvalue weighted by molar-refractivity contribution is 5.38. The van der Waals surface area contributed by atoms with Gasteiger partial charge in [-0.15, -0.1) is 0 Å². The number of hydrogen-bond acceptors (Lipinski definition) is 2. The fraction of sp³-hybridized carbons (Fsp3) is 0.647. The first-order chi connectivity index (χ1) is 8.95. The summed E-state index contributed by atoms with van der Waals surface area (Å²) in [5.74, 6) is 0. The number of nitrogens with one attached hydrogen (secondary N) is 1. The van der Waals surface area contributed by atoms with E-state index in [2.05, 4.69) is 64.1 Å². The molecule has 0 saturated carbocycles. The minimum atomic E-state index is 0.474. The van der Waals surface area contributed by atoms with Crippen LogP contribution in [-0.4, -0.2) is 32.1 Å². The van der Waals surface area contributed by atoms with E-state index in [1.807, 2.05) is 0 Å². The van der Waals surface area contributed by atoms with Crippen LogP contribution < -0.4 is 5.32 Å². The SMILES string of the molecule is CCCNC(CCN(C)C)c1cc(C)c(C)cc1C. The Bertz CT molecular complexity index is 396. The van der Waals surface area contributed by atoms with Crippen LogP contribution in [0, 0.1) is 20.8 Å². The zero-order valence-corrected chi connectivity index (χ0v) is 13.5. The van der Waals surface area contributed by atoms with E-state index in [0.29, 0.717) is 6.04 Å². The van der Waals surface area contributed by atoms with Crippen molar-refractivity contribution in [3.63, 3.8) is 0 Å². The standard InChI is InChI=1S/C17H30N2/c1-7-9-18-17(8-10-19(5)6)16-12-14(3)13(2)11-15(16)4/h11-12,17-18H,7-10H2,1-6H3. The first kappa shape index (κ1) is 16.2. The predicted octanol–water partition coefficient (Wildman–Crippen LogP) is 3.60. The van der Waals surface area contributed by atoms with Gasteiger partial charge in [0, 0.05) is 6.04 Å². The summed E-state index contributed by atoms with van der Waals surface area (Å²) in [6.07, 6.45) is 2.35. The Morgan fingerprint density at radius 2 is 1.68 bits per heavy atom. The maximum atomic E-state index is 3.70. The molecular weight excluding hydrogens is 232 g/mol. The quantitative estimate of drug-likeness (QED) is 0.807. The van der Waals surface area contributed by atoms with E-state index in [1.165, 1.54) is 28.7 Å². The molecule has 0 aliphatic heterocycles. The molecule has 0 saturated heterocycles. The lowest BCUT2D eigenvalue weighted by molar-refractivity contribution is 0.360. The maximum Gasteiger partial charge on any atom is 0.0335 e. The van der Waals surface area contributed by atoms with Gasteiger partial charge in [0.05, 0.1) is 0 Å². The molecule has 0 heterocycles. The Balaban J connectivity index is 2.92. The summed E-state index contributed by atoms with van der Waals surface area (Å²) < 4.78 is 0. The Morgan fingerprint density at radius 1 is 1.05 bits per heavy atom. The molecule has 1 rings (SSSR count). The molecule has 1 aromatic rings. The predicted molar refractivity (Wildman–Crippen MR) is 84.9 cm³/mol. The zero-order valence-electron chi connectivity index (χ0n) is 13.5. The van der Waals surface area contributed by atoms with Crippen molar-refractivity contribution in [3.05, 3.63) is 34.4 Å². The Morgan fingerprint density at radius 3 is 2.26 bits per heavy atom. The fourth-order valence-corrected chi connectivity index (χ4v) is 2.43. The Hall–Kier alpha value is -0.860. The number of nitrogens with zero attached hydrogens (tertiary/aromatic N) is 1. The van der Waals surface area contributed by atoms with Gasteiger partial charge in [0.2, 0.25) is 0 Å². The van der Waals surface area contributed by atoms with Crippen LogP contribution in [0.2, 0.25) is 0 Å². The number of rotatable bonds is 7. The lowest BCUT2D eigenvalue weighted by Crippen LogP contribution is -2.27. The van der Waals surface area contributed by atoms with Crippen molar-refractivity contribution in [2.24, 2.45) is 0 Å². The molecule has 0 fully saturated rings. The van der Waals surface area contributed by atoms with Crippen molar-refractivity contribution in [1.82, 2.24) is 10.2 Å². The van der Waals surface area contributed by atoms with E-state index in [9.17, 15) is 0 Å². The molecule has 1 N–H and O–H groups in total. The topological polar surface area (TPSA) is 15.3 Å². The number of benzene rings is 1. The van der Waals surface area contributed by atoms with Gasteiger partial charge in [0.25, 0.3) is 0 Å². The van der Waals surface area contributed by atoms with Crippen LogP contribution in [0.4, 0.5) is 0 Å². The highest BCUT2D eigenvalue weighted by atomic mass is 15.1. The van der Waals surface area contributed by atoms with Crippen molar-refractivity contribution in [3.8, 4) is 0 Å². The summed E-state index contributed by atoms with van der Waals surface area (Å²) in [5.41, 5.74) is 5.67. The second kappa shape index (κ2) is 7.66. The summed E-state index contributed by atoms with van der Waals surface area (Å²) in [5, 5.41) is 3.70. The Labute approximate surface area is 119 Å². The molecule has 2 heteroatoms. The lowest BCUT2D eigenvalue weighted by atomic mass is 9.94. The molecule has 19 heavy (non-hydrogen) atoms. The molecule has 0 aliphatic rings. The van der Waals surface area contributed by atoms with Crippen molar-refractivity contribution < 1.29 is 0 Å². The van der Waals surface area contributed by atoms with Crippen LogP contribution in [0.1, 0.15) is 48.1 Å². The minimum absolute atomic E-state index is 0.474. The molecule has 2 nitrogen and oxygen atoms in total. The molecule has 0 aliphatic carbocycles. The van der Waals surface area contributed by atoms with Crippen LogP contribution in [0.15, 0.2) is 12.1 Å². The van der Waals surface area contributed by atoms with Crippen LogP contribution in [0.25, 0.3) is 0 Å². The van der Waals surface area contributed by atoms with Crippen LogP contribution in [0.5, 0.6) is 0 Å². The van der Waals surface area contributed by atoms with Gasteiger partial charge in [-0.3, -0.25) is 0 Å². The van der Waals surface area contributed by atoms with Crippen molar-refractivity contribution in [2.45, 2.75) is 46.6 Å². The first-order valence-electron chi connectivity index (χ1n) is 7.41. The third kappa shape index (κ3) is 4.96. The molecule has 108 valence electrons. The van der Waals surface area contributed by atoms with Crippen molar-refractivity contribution >= 4 is 0 Å². The average molecular weight is 262 g/mol. The van der Waals surface area contributed by atoms with Gasteiger partial charge in [0.1, 0.15) is 0 Å². The van der Waals surface area contributed by atoms with Gasteiger partial charge < -0.3 is 10.2 Å². The largest absolute Gasteiger partial charge is 0.310 e. The third-order valence-electron chi connectivity index (χ3n) is 3.76. The lowest BCUT2D eigenvalue weighted by Gasteiger charge is -2.23. The van der Waals surface area contributed by atoms with Crippen LogP contribution >= 0.6 is 0 Å². The van der Waals surface area contributed by atoms with Crippen LogP contribution in [0.3, 0.4) is 0 Å². The molecule has 0 aromatic heterocycles. The van der Waals surface area contributed by atoms with Gasteiger partial charge in [-0.2, -0.15) is 0 Å². The van der Waals surface area contributed by atoms with E-state index >= 15 is 0 Å². The molecule has 0 bridgehead atoms. The van der Waals surface area contributed by atoms with E-state index in [1.54, 1.807) is 0 Å². The smallest absolute Gasteiger partial charge is 0.0335 e. The number of hydrogen-bond donors (Lipinski definition) is 1. The average Bonchev–Trinajstić information content (AvgIpc) is 2.34. The first-order valence-corrected chi connectivity index (χ1v) is 7.41. The third-order valence-corrected chi connectivity index (χ3v) is 3.76. The van der Waals surface area contributed by atoms with Gasteiger partial charge in [0.15, 0.2) is 0 Å². The van der Waals surface area contributed by atoms with E-state index in [0.717, 1.165) is 19.5 Å². The summed E-state index contributed by atoms with van der Waals surface area (Å²) in [6.45, 7) is 11.1. The van der Waals surface area contributed by atoms with Gasteiger partial charge in [-0.05, 0) is 83.1 Å². The fourth-order valence-electron chi connectivity index (χ4n) is 2.43. The van der Waals surface area contributed by atoms with Gasteiger partial charge >= 0.3 is 0 Å². The van der Waals surface area contributed by atoms with Crippen LogP contribution in [-0.2, 0) is 0 Å². The van der Waals surface area contributed by atoms with E-state index < -0.39 is 0 Å². The molecular formula is C17H30N2. The second-order valence-electron chi connectivity index (χ2n) is 5.89. The van der Waals surface area contributed by atoms with Crippen molar-refractivity contribution in [2.75, 3.05) is 27.2 Å². The highest BCUT2D eigenvalue weighted by Crippen LogP contribution is 2.24. The van der Waals surface area contributed by atoms with E-state index in [-0.39, 0.29) is 0 Å². The maximum absolute atomic E-state index is 3.70.